The van der Waals surface area contributed by atoms with E-state index in [4.69, 9.17) is 9.47 Å². The van der Waals surface area contributed by atoms with Gasteiger partial charge in [-0.05, 0) is 35.2 Å². The van der Waals surface area contributed by atoms with Crippen molar-refractivity contribution in [2.24, 2.45) is 0 Å². The van der Waals surface area contributed by atoms with E-state index < -0.39 is 17.8 Å². The van der Waals surface area contributed by atoms with Crippen molar-refractivity contribution in [3.63, 3.8) is 0 Å². The van der Waals surface area contributed by atoms with Crippen LogP contribution in [0.3, 0.4) is 0 Å². The summed E-state index contributed by atoms with van der Waals surface area (Å²) in [5.41, 5.74) is 0.812. The van der Waals surface area contributed by atoms with E-state index in [9.17, 15) is 14.4 Å². The number of carbonyl (C=O) groups excluding carboxylic acids is 3. The molecule has 1 saturated heterocycles. The lowest BCUT2D eigenvalue weighted by molar-refractivity contribution is -0.122. The smallest absolute Gasteiger partial charge is 0.335 e. The Labute approximate surface area is 172 Å². The number of hydrogen-bond acceptors (Lipinski definition) is 5. The molecule has 0 spiro atoms. The lowest BCUT2D eigenvalue weighted by atomic mass is 10.00. The van der Waals surface area contributed by atoms with E-state index in [-0.39, 0.29) is 5.57 Å². The molecule has 3 aromatic carbocycles. The quantitative estimate of drug-likeness (QED) is 0.533. The van der Waals surface area contributed by atoms with Gasteiger partial charge in [0.2, 0.25) is 0 Å². The number of barbiturate groups is 1. The zero-order valence-corrected chi connectivity index (χ0v) is 16.3. The maximum Gasteiger partial charge on any atom is 0.335 e. The average molecular weight is 402 g/mol. The van der Waals surface area contributed by atoms with Crippen LogP contribution >= 0.6 is 0 Å². The molecule has 0 aliphatic carbocycles. The number of nitrogens with zero attached hydrogens (tertiary/aromatic N) is 1. The summed E-state index contributed by atoms with van der Waals surface area (Å²) in [4.78, 5) is 38.9. The van der Waals surface area contributed by atoms with Gasteiger partial charge in [-0.25, -0.2) is 9.69 Å². The molecule has 0 saturated carbocycles. The molecule has 30 heavy (non-hydrogen) atoms. The Morgan fingerprint density at radius 2 is 1.63 bits per heavy atom. The van der Waals surface area contributed by atoms with Gasteiger partial charge in [0.05, 0.1) is 19.9 Å². The number of carbonyl (C=O) groups is 3. The molecule has 3 aromatic rings. The number of benzene rings is 3. The number of imide groups is 2. The van der Waals surface area contributed by atoms with Gasteiger partial charge in [-0.15, -0.1) is 0 Å². The molecule has 7 heteroatoms. The lowest BCUT2D eigenvalue weighted by Crippen LogP contribution is -2.54. The van der Waals surface area contributed by atoms with Crippen molar-refractivity contribution in [2.45, 2.75) is 0 Å². The van der Waals surface area contributed by atoms with Crippen LogP contribution in [0.5, 0.6) is 11.5 Å². The third-order valence-electron chi connectivity index (χ3n) is 4.85. The number of methoxy groups -OCH3 is 2. The molecule has 1 N–H and O–H groups in total. The molecule has 0 unspecified atom stereocenters. The maximum atomic E-state index is 13.1. The Hall–Kier alpha value is -4.13. The second kappa shape index (κ2) is 7.71. The second-order valence-corrected chi connectivity index (χ2v) is 6.56. The first-order valence-corrected chi connectivity index (χ1v) is 9.14. The van der Waals surface area contributed by atoms with Gasteiger partial charge in [-0.1, -0.05) is 36.4 Å². The highest BCUT2D eigenvalue weighted by Crippen LogP contribution is 2.31. The fourth-order valence-electron chi connectivity index (χ4n) is 3.40. The molecular formula is C23H18N2O5. The van der Waals surface area contributed by atoms with E-state index in [1.807, 2.05) is 24.3 Å². The van der Waals surface area contributed by atoms with Crippen molar-refractivity contribution in [3.05, 3.63) is 71.8 Å². The van der Waals surface area contributed by atoms with Crippen LogP contribution in [0.15, 0.2) is 66.2 Å². The van der Waals surface area contributed by atoms with Gasteiger partial charge in [0, 0.05) is 11.5 Å². The van der Waals surface area contributed by atoms with Crippen LogP contribution in [0.4, 0.5) is 10.5 Å². The van der Waals surface area contributed by atoms with Gasteiger partial charge in [-0.2, -0.15) is 0 Å². The monoisotopic (exact) mass is 402 g/mol. The average Bonchev–Trinajstić information content (AvgIpc) is 2.76. The van der Waals surface area contributed by atoms with Crippen LogP contribution in [0.2, 0.25) is 0 Å². The Morgan fingerprint density at radius 1 is 0.867 bits per heavy atom. The Bertz CT molecular complexity index is 1220. The molecule has 0 aromatic heterocycles. The van der Waals surface area contributed by atoms with Gasteiger partial charge in [0.1, 0.15) is 17.1 Å². The number of urea groups is 1. The van der Waals surface area contributed by atoms with E-state index in [1.165, 1.54) is 13.2 Å². The van der Waals surface area contributed by atoms with E-state index in [1.54, 1.807) is 43.5 Å². The highest BCUT2D eigenvalue weighted by atomic mass is 16.5. The van der Waals surface area contributed by atoms with Crippen LogP contribution in [-0.2, 0) is 9.59 Å². The molecule has 1 aliphatic rings. The highest BCUT2D eigenvalue weighted by molar-refractivity contribution is 6.39. The van der Waals surface area contributed by atoms with Crippen molar-refractivity contribution < 1.29 is 23.9 Å². The van der Waals surface area contributed by atoms with Gasteiger partial charge in [0.25, 0.3) is 11.8 Å². The number of nitrogens with one attached hydrogen (secondary N) is 1. The summed E-state index contributed by atoms with van der Waals surface area (Å²) in [5, 5.41) is 3.89. The van der Waals surface area contributed by atoms with E-state index >= 15 is 0 Å². The molecule has 4 amide bonds. The van der Waals surface area contributed by atoms with Gasteiger partial charge in [-0.3, -0.25) is 14.9 Å². The zero-order valence-electron chi connectivity index (χ0n) is 16.3. The SMILES string of the molecule is COc1cccc(N2C(=O)NC(=O)/C(=C\c3ccc(OC)c4ccccc34)C2=O)c1. The summed E-state index contributed by atoms with van der Waals surface area (Å²) >= 11 is 0. The number of fused-ring (bicyclic) bond motifs is 1. The molecule has 0 atom stereocenters. The molecule has 4 rings (SSSR count). The number of ether oxygens (including phenoxy) is 2. The molecule has 7 nitrogen and oxygen atoms in total. The Morgan fingerprint density at radius 3 is 2.37 bits per heavy atom. The first-order chi connectivity index (χ1) is 14.5. The molecule has 1 heterocycles. The van der Waals surface area contributed by atoms with Crippen molar-refractivity contribution in [1.82, 2.24) is 5.32 Å². The molecule has 0 radical (unpaired) electrons. The van der Waals surface area contributed by atoms with Crippen LogP contribution in [-0.4, -0.2) is 32.1 Å². The van der Waals surface area contributed by atoms with Gasteiger partial charge >= 0.3 is 6.03 Å². The summed E-state index contributed by atoms with van der Waals surface area (Å²) in [6, 6.07) is 16.7. The number of hydrogen-bond donors (Lipinski definition) is 1. The van der Waals surface area contributed by atoms with Crippen molar-refractivity contribution in [3.8, 4) is 11.5 Å². The summed E-state index contributed by atoms with van der Waals surface area (Å²) in [6.45, 7) is 0. The zero-order chi connectivity index (χ0) is 21.3. The van der Waals surface area contributed by atoms with Crippen LogP contribution in [0.25, 0.3) is 16.8 Å². The summed E-state index contributed by atoms with van der Waals surface area (Å²) in [7, 11) is 3.07. The maximum absolute atomic E-state index is 13.1. The minimum Gasteiger partial charge on any atom is -0.497 e. The van der Waals surface area contributed by atoms with Crippen LogP contribution in [0.1, 0.15) is 5.56 Å². The van der Waals surface area contributed by atoms with E-state index in [0.717, 1.165) is 15.7 Å². The van der Waals surface area contributed by atoms with E-state index in [2.05, 4.69) is 5.32 Å². The van der Waals surface area contributed by atoms with Gasteiger partial charge in [0.15, 0.2) is 0 Å². The molecule has 0 bridgehead atoms. The molecular weight excluding hydrogens is 384 g/mol. The van der Waals surface area contributed by atoms with Crippen LogP contribution in [0, 0.1) is 0 Å². The topological polar surface area (TPSA) is 84.9 Å². The number of anilines is 1. The molecule has 1 fully saturated rings. The second-order valence-electron chi connectivity index (χ2n) is 6.56. The minimum absolute atomic E-state index is 0.146. The summed E-state index contributed by atoms with van der Waals surface area (Å²) < 4.78 is 10.6. The highest BCUT2D eigenvalue weighted by Gasteiger charge is 2.37. The minimum atomic E-state index is -0.810. The van der Waals surface area contributed by atoms with Crippen LogP contribution < -0.4 is 19.7 Å². The normalized spacial score (nSPS) is 15.5. The fourth-order valence-corrected chi connectivity index (χ4v) is 3.40. The lowest BCUT2D eigenvalue weighted by Gasteiger charge is -2.26. The van der Waals surface area contributed by atoms with E-state index in [0.29, 0.717) is 22.7 Å². The standard InChI is InChI=1S/C23H18N2O5/c1-29-16-7-5-6-15(13-16)25-22(27)19(21(26)24-23(25)28)12-14-10-11-20(30-2)18-9-4-3-8-17(14)18/h3-13H,1-2H3,(H,24,26,28)/b19-12+. The first kappa shape index (κ1) is 19.2. The largest absolute Gasteiger partial charge is 0.497 e. The van der Waals surface area contributed by atoms with Gasteiger partial charge < -0.3 is 9.47 Å². The third kappa shape index (κ3) is 3.26. The third-order valence-corrected chi connectivity index (χ3v) is 4.85. The summed E-state index contributed by atoms with van der Waals surface area (Å²) in [6.07, 6.45) is 1.49. The Kier molecular flexibility index (Phi) is 4.93. The predicted octanol–water partition coefficient (Wildman–Crippen LogP) is 3.52. The number of amides is 4. The Balaban J connectivity index is 1.81. The van der Waals surface area contributed by atoms with Crippen molar-refractivity contribution >= 4 is 40.4 Å². The summed E-state index contributed by atoms with van der Waals surface area (Å²) in [5.74, 6) is -0.294. The fraction of sp³-hybridized carbons (Fsp3) is 0.0870. The first-order valence-electron chi connectivity index (χ1n) is 9.14. The molecule has 150 valence electrons. The van der Waals surface area contributed by atoms with Crippen molar-refractivity contribution in [1.29, 1.82) is 0 Å². The predicted molar refractivity (Wildman–Crippen MR) is 112 cm³/mol. The molecule has 1 aliphatic heterocycles. The number of rotatable bonds is 4. The van der Waals surface area contributed by atoms with Crippen molar-refractivity contribution in [2.75, 3.05) is 19.1 Å².